The van der Waals surface area contributed by atoms with Crippen LogP contribution < -0.4 is 4.72 Å². The maximum absolute atomic E-state index is 13.5. The van der Waals surface area contributed by atoms with Crippen LogP contribution in [0.3, 0.4) is 0 Å². The Bertz CT molecular complexity index is 986. The van der Waals surface area contributed by atoms with Crippen molar-refractivity contribution in [1.29, 1.82) is 0 Å². The van der Waals surface area contributed by atoms with E-state index in [1.165, 1.54) is 0 Å². The van der Waals surface area contributed by atoms with Gasteiger partial charge in [0.2, 0.25) is 10.0 Å². The van der Waals surface area contributed by atoms with Gasteiger partial charge in [-0.05, 0) is 24.3 Å². The van der Waals surface area contributed by atoms with Crippen LogP contribution in [-0.2, 0) is 15.8 Å². The second-order valence-corrected chi connectivity index (χ2v) is 6.43. The number of nitrogens with zero attached hydrogens (tertiary/aromatic N) is 1. The Hall–Kier alpha value is -2.55. The highest BCUT2D eigenvalue weighted by molar-refractivity contribution is 7.91. The SMILES string of the molecule is O=S(=O)(Cc1noc2ccccc12)Nc1ccc(F)c(F)c1F. The number of anilines is 1. The Morgan fingerprint density at radius 1 is 1.04 bits per heavy atom. The highest BCUT2D eigenvalue weighted by Gasteiger charge is 2.21. The van der Waals surface area contributed by atoms with E-state index in [4.69, 9.17) is 4.52 Å². The molecule has 1 heterocycles. The molecule has 1 aromatic heterocycles. The highest BCUT2D eigenvalue weighted by Crippen LogP contribution is 2.23. The first-order chi connectivity index (χ1) is 10.9. The van der Waals surface area contributed by atoms with Gasteiger partial charge >= 0.3 is 0 Å². The smallest absolute Gasteiger partial charge is 0.238 e. The van der Waals surface area contributed by atoms with Crippen molar-refractivity contribution < 1.29 is 26.1 Å². The third-order valence-electron chi connectivity index (χ3n) is 3.08. The minimum atomic E-state index is -4.10. The van der Waals surface area contributed by atoms with Crippen molar-refractivity contribution in [3.8, 4) is 0 Å². The summed E-state index contributed by atoms with van der Waals surface area (Å²) in [6.07, 6.45) is 0. The van der Waals surface area contributed by atoms with E-state index >= 15 is 0 Å². The fraction of sp³-hybridized carbons (Fsp3) is 0.0714. The average Bonchev–Trinajstić information content (AvgIpc) is 2.91. The average molecular weight is 342 g/mol. The first kappa shape index (κ1) is 15.3. The van der Waals surface area contributed by atoms with E-state index in [1.807, 2.05) is 4.72 Å². The molecule has 0 saturated carbocycles. The number of benzene rings is 2. The van der Waals surface area contributed by atoms with Crippen LogP contribution in [0.2, 0.25) is 0 Å². The molecule has 0 fully saturated rings. The number of sulfonamides is 1. The summed E-state index contributed by atoms with van der Waals surface area (Å²) in [6.45, 7) is 0. The van der Waals surface area contributed by atoms with Gasteiger partial charge in [0.25, 0.3) is 0 Å². The van der Waals surface area contributed by atoms with E-state index in [-0.39, 0.29) is 5.69 Å². The summed E-state index contributed by atoms with van der Waals surface area (Å²) in [5, 5.41) is 4.14. The molecule has 2 aromatic carbocycles. The van der Waals surface area contributed by atoms with Gasteiger partial charge in [-0.25, -0.2) is 21.6 Å². The first-order valence-corrected chi connectivity index (χ1v) is 8.00. The molecule has 0 bridgehead atoms. The Balaban J connectivity index is 1.90. The Labute approximate surface area is 128 Å². The molecule has 3 rings (SSSR count). The van der Waals surface area contributed by atoms with Crippen molar-refractivity contribution in [2.75, 3.05) is 4.72 Å². The number of hydrogen-bond acceptors (Lipinski definition) is 4. The van der Waals surface area contributed by atoms with Gasteiger partial charge in [-0.15, -0.1) is 0 Å². The van der Waals surface area contributed by atoms with Gasteiger partial charge in [0.15, 0.2) is 23.0 Å². The molecule has 120 valence electrons. The van der Waals surface area contributed by atoms with Gasteiger partial charge in [0, 0.05) is 5.39 Å². The van der Waals surface area contributed by atoms with Gasteiger partial charge in [-0.3, -0.25) is 4.72 Å². The lowest BCUT2D eigenvalue weighted by Gasteiger charge is -2.08. The van der Waals surface area contributed by atoms with E-state index < -0.39 is 38.9 Å². The third kappa shape index (κ3) is 3.00. The number of hydrogen-bond donors (Lipinski definition) is 1. The molecule has 0 radical (unpaired) electrons. The van der Waals surface area contributed by atoms with Gasteiger partial charge < -0.3 is 4.52 Å². The lowest BCUT2D eigenvalue weighted by atomic mass is 10.2. The van der Waals surface area contributed by atoms with E-state index in [0.717, 1.165) is 6.07 Å². The zero-order valence-electron chi connectivity index (χ0n) is 11.4. The molecule has 0 aliphatic carbocycles. The summed E-state index contributed by atoms with van der Waals surface area (Å²) < 4.78 is 70.6. The van der Waals surface area contributed by atoms with Crippen LogP contribution in [0, 0.1) is 17.5 Å². The van der Waals surface area contributed by atoms with Gasteiger partial charge in [0.05, 0.1) is 5.69 Å². The van der Waals surface area contributed by atoms with E-state index in [9.17, 15) is 21.6 Å². The van der Waals surface area contributed by atoms with Crippen LogP contribution in [0.25, 0.3) is 11.0 Å². The van der Waals surface area contributed by atoms with Crippen molar-refractivity contribution in [3.05, 3.63) is 59.5 Å². The number of rotatable bonds is 4. The lowest BCUT2D eigenvalue weighted by molar-refractivity contribution is 0.448. The van der Waals surface area contributed by atoms with E-state index in [0.29, 0.717) is 17.0 Å². The summed E-state index contributed by atoms with van der Waals surface area (Å²) in [6, 6.07) is 8.03. The number of nitrogens with one attached hydrogen (secondary N) is 1. The molecule has 0 aliphatic rings. The third-order valence-corrected chi connectivity index (χ3v) is 4.26. The van der Waals surface area contributed by atoms with Crippen molar-refractivity contribution >= 4 is 26.7 Å². The summed E-state index contributed by atoms with van der Waals surface area (Å²) >= 11 is 0. The Morgan fingerprint density at radius 3 is 2.57 bits per heavy atom. The summed E-state index contributed by atoms with van der Waals surface area (Å²) in [5.41, 5.74) is -0.163. The second kappa shape index (κ2) is 5.58. The summed E-state index contributed by atoms with van der Waals surface area (Å²) in [4.78, 5) is 0. The highest BCUT2D eigenvalue weighted by atomic mass is 32.2. The van der Waals surface area contributed by atoms with Crippen LogP contribution in [0.1, 0.15) is 5.69 Å². The molecule has 0 atom stereocenters. The number of fused-ring (bicyclic) bond motifs is 1. The predicted molar refractivity (Wildman–Crippen MR) is 76.6 cm³/mol. The van der Waals surface area contributed by atoms with Crippen LogP contribution in [0.5, 0.6) is 0 Å². The Kier molecular flexibility index (Phi) is 3.72. The molecular weight excluding hydrogens is 333 g/mol. The molecular formula is C14H9F3N2O3S. The molecule has 23 heavy (non-hydrogen) atoms. The van der Waals surface area contributed by atoms with Crippen molar-refractivity contribution in [2.24, 2.45) is 0 Å². The molecule has 0 unspecified atom stereocenters. The maximum Gasteiger partial charge on any atom is 0.238 e. The Morgan fingerprint density at radius 2 is 1.78 bits per heavy atom. The monoisotopic (exact) mass is 342 g/mol. The van der Waals surface area contributed by atoms with Crippen LogP contribution in [0.4, 0.5) is 18.9 Å². The normalized spacial score (nSPS) is 11.8. The number of halogens is 3. The van der Waals surface area contributed by atoms with Gasteiger partial charge in [0.1, 0.15) is 11.4 Å². The zero-order valence-corrected chi connectivity index (χ0v) is 12.2. The van der Waals surface area contributed by atoms with Crippen molar-refractivity contribution in [1.82, 2.24) is 5.16 Å². The number of para-hydroxylation sites is 1. The molecule has 3 aromatic rings. The van der Waals surface area contributed by atoms with Crippen molar-refractivity contribution in [3.63, 3.8) is 0 Å². The molecule has 1 N–H and O–H groups in total. The fourth-order valence-electron chi connectivity index (χ4n) is 2.03. The maximum atomic E-state index is 13.5. The van der Waals surface area contributed by atoms with Crippen LogP contribution in [-0.4, -0.2) is 13.6 Å². The number of aromatic nitrogens is 1. The molecule has 0 amide bonds. The standard InChI is InChI=1S/C14H9F3N2O3S/c15-9-5-6-10(14(17)13(9)16)19-23(20,21)7-11-8-3-1-2-4-12(8)22-18-11/h1-6,19H,7H2. The molecule has 0 aliphatic heterocycles. The molecule has 0 saturated heterocycles. The quantitative estimate of drug-likeness (QED) is 0.739. The molecule has 9 heteroatoms. The minimum Gasteiger partial charge on any atom is -0.356 e. The lowest BCUT2D eigenvalue weighted by Crippen LogP contribution is -2.17. The largest absolute Gasteiger partial charge is 0.356 e. The first-order valence-electron chi connectivity index (χ1n) is 6.34. The zero-order chi connectivity index (χ0) is 16.6. The topological polar surface area (TPSA) is 72.2 Å². The van der Waals surface area contributed by atoms with Gasteiger partial charge in [-0.1, -0.05) is 17.3 Å². The minimum absolute atomic E-state index is 0.121. The predicted octanol–water partition coefficient (Wildman–Crippen LogP) is 3.19. The molecule has 5 nitrogen and oxygen atoms in total. The second-order valence-electron chi connectivity index (χ2n) is 4.71. The van der Waals surface area contributed by atoms with Crippen LogP contribution >= 0.6 is 0 Å². The van der Waals surface area contributed by atoms with E-state index in [1.54, 1.807) is 24.3 Å². The van der Waals surface area contributed by atoms with E-state index in [2.05, 4.69) is 5.16 Å². The molecule has 0 spiro atoms. The van der Waals surface area contributed by atoms with Gasteiger partial charge in [-0.2, -0.15) is 0 Å². The fourth-order valence-corrected chi connectivity index (χ4v) is 3.16. The summed E-state index contributed by atoms with van der Waals surface area (Å²) in [7, 11) is -4.10. The van der Waals surface area contributed by atoms with Crippen molar-refractivity contribution in [2.45, 2.75) is 5.75 Å². The summed E-state index contributed by atoms with van der Waals surface area (Å²) in [5.74, 6) is -5.38. The van der Waals surface area contributed by atoms with Crippen LogP contribution in [0.15, 0.2) is 40.9 Å².